The van der Waals surface area contributed by atoms with E-state index in [0.29, 0.717) is 0 Å². The lowest BCUT2D eigenvalue weighted by Gasteiger charge is -2.24. The van der Waals surface area contributed by atoms with E-state index in [4.69, 9.17) is 0 Å². The number of urea groups is 1. The van der Waals surface area contributed by atoms with Gasteiger partial charge in [-0.2, -0.15) is 0 Å². The van der Waals surface area contributed by atoms with Crippen LogP contribution in [0.3, 0.4) is 0 Å². The number of nitrogens with one attached hydrogen (secondary N) is 1. The van der Waals surface area contributed by atoms with Crippen LogP contribution in [0.1, 0.15) is 34.9 Å². The van der Waals surface area contributed by atoms with Gasteiger partial charge in [0.2, 0.25) is 0 Å². The molecule has 21 heavy (non-hydrogen) atoms. The highest BCUT2D eigenvalue weighted by molar-refractivity contribution is 7.10. The molecular formula is C17H20N2OS. The standard InChI is InChI=1S/C17H20N2OS/c1-12-7-8-14(11-13(12)2)18-17(20)19-9-3-5-15(19)16-6-4-10-21-16/h4,6-8,10-11,15H,3,5,9H2,1-2H3,(H,18,20). The predicted octanol–water partition coefficient (Wildman–Crippen LogP) is 4.73. The molecule has 2 aromatic rings. The molecule has 110 valence electrons. The zero-order valence-corrected chi connectivity index (χ0v) is 13.2. The second-order valence-corrected chi connectivity index (χ2v) is 6.58. The summed E-state index contributed by atoms with van der Waals surface area (Å²) in [4.78, 5) is 15.8. The minimum absolute atomic E-state index is 0.00848. The number of carbonyl (C=O) groups is 1. The van der Waals surface area contributed by atoms with Gasteiger partial charge in [0.1, 0.15) is 0 Å². The zero-order chi connectivity index (χ0) is 14.8. The molecule has 1 unspecified atom stereocenters. The summed E-state index contributed by atoms with van der Waals surface area (Å²) in [5.41, 5.74) is 3.31. The molecule has 0 saturated carbocycles. The monoisotopic (exact) mass is 300 g/mol. The first-order valence-electron chi connectivity index (χ1n) is 7.33. The van der Waals surface area contributed by atoms with Gasteiger partial charge in [0, 0.05) is 17.1 Å². The van der Waals surface area contributed by atoms with Crippen LogP contribution in [-0.2, 0) is 0 Å². The third-order valence-electron chi connectivity index (χ3n) is 4.14. The van der Waals surface area contributed by atoms with Crippen molar-refractivity contribution in [2.75, 3.05) is 11.9 Å². The maximum absolute atomic E-state index is 12.5. The summed E-state index contributed by atoms with van der Waals surface area (Å²) in [5.74, 6) is 0. The van der Waals surface area contributed by atoms with Crippen LogP contribution in [0, 0.1) is 13.8 Å². The molecule has 1 aromatic heterocycles. The zero-order valence-electron chi connectivity index (χ0n) is 12.4. The Hall–Kier alpha value is -1.81. The number of amides is 2. The van der Waals surface area contributed by atoms with Crippen LogP contribution in [-0.4, -0.2) is 17.5 Å². The van der Waals surface area contributed by atoms with Gasteiger partial charge in [0.15, 0.2) is 0 Å². The van der Waals surface area contributed by atoms with Crippen molar-refractivity contribution >= 4 is 23.1 Å². The number of hydrogen-bond donors (Lipinski definition) is 1. The van der Waals surface area contributed by atoms with E-state index in [2.05, 4.69) is 36.7 Å². The molecule has 0 spiro atoms. The van der Waals surface area contributed by atoms with E-state index in [1.165, 1.54) is 16.0 Å². The summed E-state index contributed by atoms with van der Waals surface area (Å²) >= 11 is 1.73. The number of aryl methyl sites for hydroxylation is 2. The maximum Gasteiger partial charge on any atom is 0.322 e. The van der Waals surface area contributed by atoms with Crippen molar-refractivity contribution in [2.24, 2.45) is 0 Å². The Morgan fingerprint density at radius 2 is 2.14 bits per heavy atom. The Bertz CT molecular complexity index is 636. The topological polar surface area (TPSA) is 32.3 Å². The van der Waals surface area contributed by atoms with Gasteiger partial charge in [-0.3, -0.25) is 0 Å². The van der Waals surface area contributed by atoms with Crippen molar-refractivity contribution in [3.63, 3.8) is 0 Å². The number of hydrogen-bond acceptors (Lipinski definition) is 2. The van der Waals surface area contributed by atoms with Crippen LogP contribution in [0.5, 0.6) is 0 Å². The average molecular weight is 300 g/mol. The second kappa shape index (κ2) is 5.90. The number of benzene rings is 1. The van der Waals surface area contributed by atoms with Gasteiger partial charge in [-0.05, 0) is 61.4 Å². The number of rotatable bonds is 2. The summed E-state index contributed by atoms with van der Waals surface area (Å²) in [6, 6.07) is 10.5. The van der Waals surface area contributed by atoms with Crippen molar-refractivity contribution in [1.82, 2.24) is 4.90 Å². The SMILES string of the molecule is Cc1ccc(NC(=O)N2CCCC2c2cccs2)cc1C. The van der Waals surface area contributed by atoms with Gasteiger partial charge in [-0.1, -0.05) is 12.1 Å². The quantitative estimate of drug-likeness (QED) is 0.854. The molecule has 2 amide bonds. The minimum Gasteiger partial charge on any atom is -0.317 e. The predicted molar refractivity (Wildman–Crippen MR) is 87.9 cm³/mol. The second-order valence-electron chi connectivity index (χ2n) is 5.60. The fourth-order valence-electron chi connectivity index (χ4n) is 2.80. The Morgan fingerprint density at radius 3 is 2.86 bits per heavy atom. The van der Waals surface area contributed by atoms with Gasteiger partial charge in [0.05, 0.1) is 6.04 Å². The normalized spacial score (nSPS) is 18.0. The number of carbonyl (C=O) groups excluding carboxylic acids is 1. The molecule has 1 saturated heterocycles. The van der Waals surface area contributed by atoms with E-state index in [9.17, 15) is 4.79 Å². The van der Waals surface area contributed by atoms with E-state index in [-0.39, 0.29) is 12.1 Å². The lowest BCUT2D eigenvalue weighted by molar-refractivity contribution is 0.208. The molecule has 1 N–H and O–H groups in total. The molecular weight excluding hydrogens is 280 g/mol. The molecule has 3 nitrogen and oxygen atoms in total. The van der Waals surface area contributed by atoms with Crippen molar-refractivity contribution in [1.29, 1.82) is 0 Å². The highest BCUT2D eigenvalue weighted by Crippen LogP contribution is 2.34. The number of likely N-dealkylation sites (tertiary alicyclic amines) is 1. The first-order valence-corrected chi connectivity index (χ1v) is 8.21. The fourth-order valence-corrected chi connectivity index (χ4v) is 3.67. The molecule has 4 heteroatoms. The molecule has 1 aliphatic heterocycles. The first kappa shape index (κ1) is 14.1. The number of thiophene rings is 1. The van der Waals surface area contributed by atoms with Crippen molar-refractivity contribution in [2.45, 2.75) is 32.7 Å². The molecule has 0 radical (unpaired) electrons. The largest absolute Gasteiger partial charge is 0.322 e. The van der Waals surface area contributed by atoms with E-state index in [1.807, 2.05) is 23.1 Å². The van der Waals surface area contributed by atoms with E-state index >= 15 is 0 Å². The summed E-state index contributed by atoms with van der Waals surface area (Å²) in [6.45, 7) is 4.97. The highest BCUT2D eigenvalue weighted by atomic mass is 32.1. The lowest BCUT2D eigenvalue weighted by atomic mass is 10.1. The van der Waals surface area contributed by atoms with Gasteiger partial charge in [-0.25, -0.2) is 4.79 Å². The molecule has 1 atom stereocenters. The van der Waals surface area contributed by atoms with E-state index in [0.717, 1.165) is 25.1 Å². The van der Waals surface area contributed by atoms with Gasteiger partial charge in [-0.15, -0.1) is 11.3 Å². The van der Waals surface area contributed by atoms with Crippen molar-refractivity contribution in [3.8, 4) is 0 Å². The summed E-state index contributed by atoms with van der Waals surface area (Å²) in [5, 5.41) is 5.11. The summed E-state index contributed by atoms with van der Waals surface area (Å²) in [7, 11) is 0. The third-order valence-corrected chi connectivity index (χ3v) is 5.12. The molecule has 1 fully saturated rings. The van der Waals surface area contributed by atoms with Crippen LogP contribution in [0.25, 0.3) is 0 Å². The van der Waals surface area contributed by atoms with E-state index < -0.39 is 0 Å². The van der Waals surface area contributed by atoms with Crippen molar-refractivity contribution < 1.29 is 4.79 Å². The average Bonchev–Trinajstić information content (AvgIpc) is 3.12. The van der Waals surface area contributed by atoms with Crippen LogP contribution in [0.15, 0.2) is 35.7 Å². The molecule has 1 aliphatic rings. The van der Waals surface area contributed by atoms with E-state index in [1.54, 1.807) is 11.3 Å². The summed E-state index contributed by atoms with van der Waals surface area (Å²) in [6.07, 6.45) is 2.13. The third kappa shape index (κ3) is 2.95. The lowest BCUT2D eigenvalue weighted by Crippen LogP contribution is -2.34. The van der Waals surface area contributed by atoms with Crippen LogP contribution >= 0.6 is 11.3 Å². The molecule has 0 bridgehead atoms. The molecule has 3 rings (SSSR count). The Balaban J connectivity index is 1.73. The minimum atomic E-state index is 0.00848. The smallest absolute Gasteiger partial charge is 0.317 e. The highest BCUT2D eigenvalue weighted by Gasteiger charge is 2.30. The van der Waals surface area contributed by atoms with Gasteiger partial charge in [0.25, 0.3) is 0 Å². The van der Waals surface area contributed by atoms with Crippen LogP contribution < -0.4 is 5.32 Å². The first-order chi connectivity index (χ1) is 10.1. The van der Waals surface area contributed by atoms with Crippen LogP contribution in [0.2, 0.25) is 0 Å². The Labute approximate surface area is 129 Å². The van der Waals surface area contributed by atoms with Crippen LogP contribution in [0.4, 0.5) is 10.5 Å². The number of nitrogens with zero attached hydrogens (tertiary/aromatic N) is 1. The van der Waals surface area contributed by atoms with Gasteiger partial charge < -0.3 is 10.2 Å². The molecule has 2 heterocycles. The van der Waals surface area contributed by atoms with Gasteiger partial charge >= 0.3 is 6.03 Å². The molecule has 0 aliphatic carbocycles. The van der Waals surface area contributed by atoms with Crippen molar-refractivity contribution in [3.05, 3.63) is 51.7 Å². The number of anilines is 1. The maximum atomic E-state index is 12.5. The Kier molecular flexibility index (Phi) is 3.97. The Morgan fingerprint density at radius 1 is 1.29 bits per heavy atom. The molecule has 1 aromatic carbocycles. The summed E-state index contributed by atoms with van der Waals surface area (Å²) < 4.78 is 0. The fraction of sp³-hybridized carbons (Fsp3) is 0.353.